The van der Waals surface area contributed by atoms with Crippen LogP contribution in [0.15, 0.2) is 91.8 Å². The second-order valence-corrected chi connectivity index (χ2v) is 7.98. The minimum absolute atomic E-state index is 0.0674. The second-order valence-electron chi connectivity index (χ2n) is 7.98. The summed E-state index contributed by atoms with van der Waals surface area (Å²) in [5.74, 6) is -0.326. The van der Waals surface area contributed by atoms with Gasteiger partial charge in [-0.2, -0.15) is 0 Å². The Hall–Kier alpha value is -3.73. The van der Waals surface area contributed by atoms with E-state index in [1.807, 2.05) is 35.2 Å². The highest BCUT2D eigenvalue weighted by molar-refractivity contribution is 5.94. The summed E-state index contributed by atoms with van der Waals surface area (Å²) in [5, 5.41) is 0. The number of carbonyl (C=O) groups is 2. The highest BCUT2D eigenvalue weighted by Gasteiger charge is 2.32. The van der Waals surface area contributed by atoms with Gasteiger partial charge in [-0.3, -0.25) is 14.6 Å². The Morgan fingerprint density at radius 1 is 1.00 bits per heavy atom. The van der Waals surface area contributed by atoms with Crippen LogP contribution in [0, 0.1) is 5.92 Å². The SMILES string of the molecule is C=CCN1CCN(C(=O)c2ccncc2)CC(Cc2ccccc2-c2ccccc2)C1=O. The molecule has 0 spiro atoms. The van der Waals surface area contributed by atoms with Crippen molar-refractivity contribution in [2.45, 2.75) is 6.42 Å². The van der Waals surface area contributed by atoms with Gasteiger partial charge in [0.2, 0.25) is 5.91 Å². The van der Waals surface area contributed by atoms with Crippen molar-refractivity contribution < 1.29 is 9.59 Å². The molecule has 0 bridgehead atoms. The molecule has 2 aromatic carbocycles. The molecule has 5 nitrogen and oxygen atoms in total. The molecule has 2 amide bonds. The van der Waals surface area contributed by atoms with E-state index in [9.17, 15) is 9.59 Å². The molecule has 1 unspecified atom stereocenters. The van der Waals surface area contributed by atoms with Gasteiger partial charge < -0.3 is 9.80 Å². The van der Waals surface area contributed by atoms with E-state index in [4.69, 9.17) is 0 Å². The minimum atomic E-state index is -0.326. The van der Waals surface area contributed by atoms with Gasteiger partial charge in [-0.15, -0.1) is 6.58 Å². The fourth-order valence-corrected chi connectivity index (χ4v) is 4.26. The number of aromatic nitrogens is 1. The van der Waals surface area contributed by atoms with Gasteiger partial charge in [0, 0.05) is 44.1 Å². The van der Waals surface area contributed by atoms with Gasteiger partial charge in [0.25, 0.3) is 5.91 Å². The number of benzene rings is 2. The molecule has 0 N–H and O–H groups in total. The Morgan fingerprint density at radius 2 is 1.72 bits per heavy atom. The first-order chi connectivity index (χ1) is 15.7. The zero-order valence-corrected chi connectivity index (χ0v) is 18.1. The topological polar surface area (TPSA) is 53.5 Å². The maximum atomic E-state index is 13.4. The van der Waals surface area contributed by atoms with E-state index in [0.29, 0.717) is 38.2 Å². The Balaban J connectivity index is 1.64. The maximum absolute atomic E-state index is 13.4. The minimum Gasteiger partial charge on any atom is -0.337 e. The van der Waals surface area contributed by atoms with Crippen molar-refractivity contribution in [3.63, 3.8) is 0 Å². The van der Waals surface area contributed by atoms with Gasteiger partial charge in [-0.1, -0.05) is 60.7 Å². The number of hydrogen-bond donors (Lipinski definition) is 0. The van der Waals surface area contributed by atoms with Crippen LogP contribution in [0.2, 0.25) is 0 Å². The van der Waals surface area contributed by atoms with Crippen molar-refractivity contribution in [3.05, 3.63) is 103 Å². The lowest BCUT2D eigenvalue weighted by Gasteiger charge is -2.24. The van der Waals surface area contributed by atoms with E-state index in [-0.39, 0.29) is 17.7 Å². The normalized spacial score (nSPS) is 16.5. The molecule has 0 aliphatic carbocycles. The third-order valence-electron chi connectivity index (χ3n) is 5.87. The van der Waals surface area contributed by atoms with E-state index < -0.39 is 0 Å². The molecule has 1 fully saturated rings. The average Bonchev–Trinajstić information content (AvgIpc) is 3.00. The van der Waals surface area contributed by atoms with Crippen LogP contribution in [0.4, 0.5) is 0 Å². The molecule has 0 saturated carbocycles. The van der Waals surface area contributed by atoms with Crippen LogP contribution in [-0.2, 0) is 11.2 Å². The van der Waals surface area contributed by atoms with E-state index in [1.54, 1.807) is 35.5 Å². The van der Waals surface area contributed by atoms with E-state index in [1.165, 1.54) is 0 Å². The largest absolute Gasteiger partial charge is 0.337 e. The third kappa shape index (κ3) is 4.78. The van der Waals surface area contributed by atoms with Crippen molar-refractivity contribution in [2.24, 2.45) is 5.92 Å². The summed E-state index contributed by atoms with van der Waals surface area (Å²) in [6.07, 6.45) is 5.55. The van der Waals surface area contributed by atoms with Crippen LogP contribution in [-0.4, -0.2) is 52.8 Å². The molecular formula is C27H27N3O2. The molecule has 1 atom stereocenters. The summed E-state index contributed by atoms with van der Waals surface area (Å²) in [4.78, 5) is 34.2. The zero-order chi connectivity index (χ0) is 22.3. The molecule has 1 aliphatic rings. The molecule has 1 saturated heterocycles. The Bertz CT molecular complexity index is 1080. The van der Waals surface area contributed by atoms with Crippen LogP contribution in [0.1, 0.15) is 15.9 Å². The molecule has 162 valence electrons. The quantitative estimate of drug-likeness (QED) is 0.559. The summed E-state index contributed by atoms with van der Waals surface area (Å²) in [7, 11) is 0. The van der Waals surface area contributed by atoms with Crippen LogP contribution >= 0.6 is 0 Å². The van der Waals surface area contributed by atoms with Crippen molar-refractivity contribution in [2.75, 3.05) is 26.2 Å². The number of amides is 2. The van der Waals surface area contributed by atoms with Crippen LogP contribution in [0.3, 0.4) is 0 Å². The highest BCUT2D eigenvalue weighted by atomic mass is 16.2. The summed E-state index contributed by atoms with van der Waals surface area (Å²) in [6, 6.07) is 21.8. The monoisotopic (exact) mass is 425 g/mol. The summed E-state index contributed by atoms with van der Waals surface area (Å²) >= 11 is 0. The van der Waals surface area contributed by atoms with Gasteiger partial charge in [-0.05, 0) is 35.2 Å². The summed E-state index contributed by atoms with van der Waals surface area (Å²) in [5.41, 5.74) is 3.94. The molecule has 1 aliphatic heterocycles. The lowest BCUT2D eigenvalue weighted by Crippen LogP contribution is -2.38. The molecule has 4 rings (SSSR count). The first-order valence-electron chi connectivity index (χ1n) is 10.9. The fraction of sp³-hybridized carbons (Fsp3) is 0.222. The molecule has 1 aromatic heterocycles. The first kappa shape index (κ1) is 21.5. The molecule has 3 aromatic rings. The predicted molar refractivity (Wildman–Crippen MR) is 126 cm³/mol. The Kier molecular flexibility index (Phi) is 6.75. The van der Waals surface area contributed by atoms with E-state index in [2.05, 4.69) is 35.8 Å². The number of carbonyl (C=O) groups excluding carboxylic acids is 2. The standard InChI is InChI=1S/C27H27N3O2/c1-2-16-29-17-18-30(26(31)22-12-14-28-15-13-22)20-24(27(29)32)19-23-10-6-7-11-25(23)21-8-4-3-5-9-21/h2-15,24H,1,16-20H2. The van der Waals surface area contributed by atoms with Crippen molar-refractivity contribution >= 4 is 11.8 Å². The number of hydrogen-bond acceptors (Lipinski definition) is 3. The highest BCUT2D eigenvalue weighted by Crippen LogP contribution is 2.27. The average molecular weight is 426 g/mol. The summed E-state index contributed by atoms with van der Waals surface area (Å²) in [6.45, 7) is 5.66. The van der Waals surface area contributed by atoms with Crippen LogP contribution in [0.5, 0.6) is 0 Å². The smallest absolute Gasteiger partial charge is 0.254 e. The molecule has 0 radical (unpaired) electrons. The molecule has 2 heterocycles. The van der Waals surface area contributed by atoms with Gasteiger partial charge >= 0.3 is 0 Å². The summed E-state index contributed by atoms with van der Waals surface area (Å²) < 4.78 is 0. The fourth-order valence-electron chi connectivity index (χ4n) is 4.26. The van der Waals surface area contributed by atoms with E-state index in [0.717, 1.165) is 16.7 Å². The van der Waals surface area contributed by atoms with Gasteiger partial charge in [0.1, 0.15) is 0 Å². The van der Waals surface area contributed by atoms with Crippen molar-refractivity contribution in [1.82, 2.24) is 14.8 Å². The lowest BCUT2D eigenvalue weighted by atomic mass is 9.91. The molecule has 5 heteroatoms. The first-order valence-corrected chi connectivity index (χ1v) is 10.9. The predicted octanol–water partition coefficient (Wildman–Crippen LogP) is 4.08. The van der Waals surface area contributed by atoms with Crippen LogP contribution < -0.4 is 0 Å². The zero-order valence-electron chi connectivity index (χ0n) is 18.1. The molecule has 32 heavy (non-hydrogen) atoms. The van der Waals surface area contributed by atoms with Gasteiger partial charge in [-0.25, -0.2) is 0 Å². The van der Waals surface area contributed by atoms with Crippen LogP contribution in [0.25, 0.3) is 11.1 Å². The van der Waals surface area contributed by atoms with Crippen molar-refractivity contribution in [1.29, 1.82) is 0 Å². The molecular weight excluding hydrogens is 398 g/mol. The van der Waals surface area contributed by atoms with Gasteiger partial charge in [0.15, 0.2) is 0 Å². The van der Waals surface area contributed by atoms with Gasteiger partial charge in [0.05, 0.1) is 5.92 Å². The Labute approximate surface area is 189 Å². The third-order valence-corrected chi connectivity index (χ3v) is 5.87. The van der Waals surface area contributed by atoms with E-state index >= 15 is 0 Å². The number of pyridine rings is 1. The van der Waals surface area contributed by atoms with Crippen molar-refractivity contribution in [3.8, 4) is 11.1 Å². The second kappa shape index (κ2) is 10.1. The number of nitrogens with zero attached hydrogens (tertiary/aromatic N) is 3. The number of rotatable bonds is 6. The Morgan fingerprint density at radius 3 is 2.47 bits per heavy atom. The lowest BCUT2D eigenvalue weighted by molar-refractivity contribution is -0.134. The maximum Gasteiger partial charge on any atom is 0.254 e.